The standard InChI is InChI=1S/C10H14N2O3S/c1-11-7-8-6-9(15-3)4-5-10(8)16(13,14)12(11)2/h4-6H,7H2,1-3H3. The molecule has 0 saturated carbocycles. The van der Waals surface area contributed by atoms with Crippen LogP contribution in [-0.2, 0) is 16.6 Å². The van der Waals surface area contributed by atoms with Gasteiger partial charge < -0.3 is 4.74 Å². The van der Waals surface area contributed by atoms with Crippen molar-refractivity contribution >= 4 is 10.0 Å². The highest BCUT2D eigenvalue weighted by atomic mass is 32.2. The molecule has 6 heteroatoms. The Balaban J connectivity index is 2.60. The fourth-order valence-electron chi connectivity index (χ4n) is 1.73. The van der Waals surface area contributed by atoms with Crippen LogP contribution >= 0.6 is 0 Å². The van der Waals surface area contributed by atoms with Crippen molar-refractivity contribution in [3.05, 3.63) is 23.8 Å². The minimum Gasteiger partial charge on any atom is -0.497 e. The number of ether oxygens (including phenoxy) is 1. The number of nitrogens with zero attached hydrogens (tertiary/aromatic N) is 2. The summed E-state index contributed by atoms with van der Waals surface area (Å²) in [6, 6.07) is 5.01. The smallest absolute Gasteiger partial charge is 0.256 e. The summed E-state index contributed by atoms with van der Waals surface area (Å²) in [5.74, 6) is 0.673. The number of hydrogen-bond acceptors (Lipinski definition) is 4. The van der Waals surface area contributed by atoms with E-state index in [-0.39, 0.29) is 0 Å². The number of benzene rings is 1. The van der Waals surface area contributed by atoms with E-state index in [1.54, 1.807) is 44.4 Å². The summed E-state index contributed by atoms with van der Waals surface area (Å²) in [7, 11) is 1.45. The summed E-state index contributed by atoms with van der Waals surface area (Å²) in [5.41, 5.74) is 0.764. The molecule has 0 bridgehead atoms. The molecule has 0 unspecified atom stereocenters. The van der Waals surface area contributed by atoms with Crippen molar-refractivity contribution in [2.24, 2.45) is 0 Å². The van der Waals surface area contributed by atoms with Crippen LogP contribution in [0.25, 0.3) is 0 Å². The highest BCUT2D eigenvalue weighted by Crippen LogP contribution is 2.29. The first-order valence-electron chi connectivity index (χ1n) is 4.83. The van der Waals surface area contributed by atoms with Crippen LogP contribution in [0.5, 0.6) is 5.75 Å². The van der Waals surface area contributed by atoms with E-state index in [0.717, 1.165) is 5.56 Å². The number of methoxy groups -OCH3 is 1. The Labute approximate surface area is 95.2 Å². The van der Waals surface area contributed by atoms with Gasteiger partial charge in [-0.3, -0.25) is 0 Å². The minimum absolute atomic E-state index is 0.355. The lowest BCUT2D eigenvalue weighted by Gasteiger charge is -2.33. The van der Waals surface area contributed by atoms with E-state index in [4.69, 9.17) is 4.74 Å². The fraction of sp³-hybridized carbons (Fsp3) is 0.400. The van der Waals surface area contributed by atoms with E-state index < -0.39 is 10.0 Å². The number of hydrogen-bond donors (Lipinski definition) is 0. The van der Waals surface area contributed by atoms with Crippen molar-refractivity contribution in [3.63, 3.8) is 0 Å². The second-order valence-electron chi connectivity index (χ2n) is 3.73. The highest BCUT2D eigenvalue weighted by molar-refractivity contribution is 7.89. The van der Waals surface area contributed by atoms with Gasteiger partial charge in [-0.15, -0.1) is 4.41 Å². The Hall–Kier alpha value is -1.11. The van der Waals surface area contributed by atoms with Gasteiger partial charge in [-0.05, 0) is 23.8 Å². The fourth-order valence-corrected chi connectivity index (χ4v) is 3.13. The van der Waals surface area contributed by atoms with Gasteiger partial charge >= 0.3 is 0 Å². The summed E-state index contributed by atoms with van der Waals surface area (Å²) in [5, 5.41) is 1.65. The third-order valence-electron chi connectivity index (χ3n) is 2.77. The molecule has 1 aliphatic heterocycles. The van der Waals surface area contributed by atoms with Gasteiger partial charge in [-0.2, -0.15) is 0 Å². The van der Waals surface area contributed by atoms with E-state index in [1.165, 1.54) is 4.41 Å². The second-order valence-corrected chi connectivity index (χ2v) is 5.65. The Morgan fingerprint density at radius 2 is 2.00 bits per heavy atom. The molecule has 0 radical (unpaired) electrons. The molecule has 0 aliphatic carbocycles. The maximum Gasteiger partial charge on any atom is 0.256 e. The van der Waals surface area contributed by atoms with Crippen LogP contribution in [0.1, 0.15) is 5.56 Å². The molecule has 2 rings (SSSR count). The quantitative estimate of drug-likeness (QED) is 0.726. The lowest BCUT2D eigenvalue weighted by atomic mass is 10.2. The van der Waals surface area contributed by atoms with Gasteiger partial charge in [-0.25, -0.2) is 13.4 Å². The molecule has 0 fully saturated rings. The van der Waals surface area contributed by atoms with Crippen molar-refractivity contribution in [1.82, 2.24) is 9.42 Å². The van der Waals surface area contributed by atoms with Crippen molar-refractivity contribution in [2.75, 3.05) is 21.2 Å². The zero-order chi connectivity index (χ0) is 11.9. The summed E-state index contributed by atoms with van der Waals surface area (Å²) < 4.78 is 30.5. The van der Waals surface area contributed by atoms with Crippen molar-refractivity contribution in [3.8, 4) is 5.75 Å². The van der Waals surface area contributed by atoms with Crippen LogP contribution in [0, 0.1) is 0 Å². The maximum absolute atomic E-state index is 12.1. The highest BCUT2D eigenvalue weighted by Gasteiger charge is 2.32. The van der Waals surface area contributed by atoms with Crippen molar-refractivity contribution in [2.45, 2.75) is 11.4 Å². The van der Waals surface area contributed by atoms with Crippen LogP contribution < -0.4 is 4.74 Å². The van der Waals surface area contributed by atoms with Crippen LogP contribution in [-0.4, -0.2) is 39.0 Å². The molecule has 0 atom stereocenters. The van der Waals surface area contributed by atoms with Crippen LogP contribution in [0.15, 0.2) is 23.1 Å². The van der Waals surface area contributed by atoms with Crippen LogP contribution in [0.4, 0.5) is 0 Å². The Morgan fingerprint density at radius 1 is 1.31 bits per heavy atom. The lowest BCUT2D eigenvalue weighted by molar-refractivity contribution is 0.102. The molecule has 5 nitrogen and oxygen atoms in total. The van der Waals surface area contributed by atoms with Gasteiger partial charge in [0.15, 0.2) is 0 Å². The average Bonchev–Trinajstić information content (AvgIpc) is 2.26. The summed E-state index contributed by atoms with van der Waals surface area (Å²) in [6.45, 7) is 0.558. The van der Waals surface area contributed by atoms with Crippen LogP contribution in [0.2, 0.25) is 0 Å². The predicted octanol–water partition coefficient (Wildman–Crippen LogP) is 0.676. The molecular weight excluding hydrogens is 228 g/mol. The van der Waals surface area contributed by atoms with Crippen LogP contribution in [0.3, 0.4) is 0 Å². The largest absolute Gasteiger partial charge is 0.497 e. The normalized spacial score (nSPS) is 20.4. The van der Waals surface area contributed by atoms with Gasteiger partial charge in [0.05, 0.1) is 12.0 Å². The van der Waals surface area contributed by atoms with Crippen molar-refractivity contribution in [1.29, 1.82) is 0 Å². The average molecular weight is 242 g/mol. The minimum atomic E-state index is -3.39. The van der Waals surface area contributed by atoms with E-state index in [2.05, 4.69) is 0 Å². The molecule has 88 valence electrons. The molecule has 1 heterocycles. The van der Waals surface area contributed by atoms with Gasteiger partial charge in [-0.1, -0.05) is 0 Å². The van der Waals surface area contributed by atoms with E-state index in [1.807, 2.05) is 0 Å². The Morgan fingerprint density at radius 3 is 2.62 bits per heavy atom. The van der Waals surface area contributed by atoms with E-state index >= 15 is 0 Å². The van der Waals surface area contributed by atoms with Gasteiger partial charge in [0.1, 0.15) is 5.75 Å². The zero-order valence-electron chi connectivity index (χ0n) is 9.47. The molecule has 1 aromatic rings. The Bertz CT molecular complexity index is 513. The van der Waals surface area contributed by atoms with Gasteiger partial charge in [0.25, 0.3) is 10.0 Å². The molecule has 16 heavy (non-hydrogen) atoms. The summed E-state index contributed by atoms with van der Waals surface area (Å²) in [6.07, 6.45) is 0. The SMILES string of the molecule is COc1ccc2c(c1)CN(C)N(C)S2(=O)=O. The third-order valence-corrected chi connectivity index (χ3v) is 4.70. The third kappa shape index (κ3) is 1.59. The van der Waals surface area contributed by atoms with E-state index in [9.17, 15) is 8.42 Å². The first-order valence-corrected chi connectivity index (χ1v) is 6.27. The molecule has 0 amide bonds. The first-order chi connectivity index (χ1) is 7.46. The maximum atomic E-state index is 12.1. The van der Waals surface area contributed by atoms with E-state index in [0.29, 0.717) is 17.2 Å². The molecule has 0 N–H and O–H groups in total. The first kappa shape index (κ1) is 11.4. The summed E-state index contributed by atoms with van der Waals surface area (Å²) >= 11 is 0. The molecule has 1 aliphatic rings. The molecule has 1 aromatic carbocycles. The second kappa shape index (κ2) is 3.73. The summed E-state index contributed by atoms with van der Waals surface area (Å²) in [4.78, 5) is 0.355. The molecular formula is C10H14N2O3S. The number of fused-ring (bicyclic) bond motifs is 1. The topological polar surface area (TPSA) is 49.9 Å². The monoisotopic (exact) mass is 242 g/mol. The Kier molecular flexibility index (Phi) is 2.65. The zero-order valence-corrected chi connectivity index (χ0v) is 10.3. The molecule has 0 spiro atoms. The van der Waals surface area contributed by atoms with Gasteiger partial charge in [0, 0.05) is 20.6 Å². The van der Waals surface area contributed by atoms with Crippen molar-refractivity contribution < 1.29 is 13.2 Å². The van der Waals surface area contributed by atoms with Gasteiger partial charge in [0.2, 0.25) is 0 Å². The number of rotatable bonds is 1. The lowest BCUT2D eigenvalue weighted by Crippen LogP contribution is -2.44. The predicted molar refractivity (Wildman–Crippen MR) is 59.4 cm³/mol. The molecule has 0 aromatic heterocycles. The number of hydrazine groups is 1. The number of sulfonamides is 1. The molecule has 0 saturated heterocycles.